The SMILES string of the molecule is CCCCCCCC/C=C/c1ccc(O)c(OC)c1. The highest BCUT2D eigenvalue weighted by Gasteiger charge is 1.99. The Kier molecular flexibility index (Phi) is 7.80. The predicted molar refractivity (Wildman–Crippen MR) is 81.7 cm³/mol. The van der Waals surface area contributed by atoms with Gasteiger partial charge in [0, 0.05) is 0 Å². The van der Waals surface area contributed by atoms with Crippen LogP contribution in [0.25, 0.3) is 6.08 Å². The Bertz CT molecular complexity index is 383. The van der Waals surface area contributed by atoms with Crippen LogP contribution < -0.4 is 4.74 Å². The van der Waals surface area contributed by atoms with Gasteiger partial charge in [0.05, 0.1) is 7.11 Å². The van der Waals surface area contributed by atoms with Crippen LogP contribution in [-0.4, -0.2) is 12.2 Å². The van der Waals surface area contributed by atoms with E-state index in [-0.39, 0.29) is 5.75 Å². The fourth-order valence-corrected chi connectivity index (χ4v) is 2.06. The number of rotatable bonds is 9. The number of ether oxygens (including phenoxy) is 1. The first kappa shape index (κ1) is 15.6. The number of hydrogen-bond donors (Lipinski definition) is 1. The molecule has 0 saturated carbocycles. The first-order chi connectivity index (χ1) is 9.27. The van der Waals surface area contributed by atoms with Gasteiger partial charge in [0.1, 0.15) is 0 Å². The molecule has 0 atom stereocenters. The van der Waals surface area contributed by atoms with Gasteiger partial charge in [-0.15, -0.1) is 0 Å². The summed E-state index contributed by atoms with van der Waals surface area (Å²) < 4.78 is 5.08. The third-order valence-electron chi connectivity index (χ3n) is 3.24. The summed E-state index contributed by atoms with van der Waals surface area (Å²) in [5.41, 5.74) is 1.07. The zero-order valence-electron chi connectivity index (χ0n) is 12.2. The van der Waals surface area contributed by atoms with E-state index in [1.807, 2.05) is 12.1 Å². The van der Waals surface area contributed by atoms with Crippen molar-refractivity contribution in [3.05, 3.63) is 29.8 Å². The standard InChI is InChI=1S/C17H26O2/c1-3-4-5-6-7-8-9-10-11-15-12-13-16(18)17(14-15)19-2/h10-14,18H,3-9H2,1-2H3/b11-10+. The van der Waals surface area contributed by atoms with E-state index in [0.717, 1.165) is 12.0 Å². The smallest absolute Gasteiger partial charge is 0.161 e. The van der Waals surface area contributed by atoms with Gasteiger partial charge < -0.3 is 9.84 Å². The Morgan fingerprint density at radius 1 is 1.11 bits per heavy atom. The van der Waals surface area contributed by atoms with Crippen molar-refractivity contribution in [1.29, 1.82) is 0 Å². The minimum absolute atomic E-state index is 0.190. The molecule has 0 aliphatic carbocycles. The molecule has 0 radical (unpaired) electrons. The highest BCUT2D eigenvalue weighted by Crippen LogP contribution is 2.26. The molecule has 0 bridgehead atoms. The second kappa shape index (κ2) is 9.48. The summed E-state index contributed by atoms with van der Waals surface area (Å²) in [5, 5.41) is 9.50. The van der Waals surface area contributed by atoms with Crippen LogP contribution >= 0.6 is 0 Å². The van der Waals surface area contributed by atoms with Crippen molar-refractivity contribution >= 4 is 6.08 Å². The van der Waals surface area contributed by atoms with Gasteiger partial charge in [-0.1, -0.05) is 57.2 Å². The molecule has 1 N–H and O–H groups in total. The van der Waals surface area contributed by atoms with Gasteiger partial charge in [-0.2, -0.15) is 0 Å². The molecule has 0 aliphatic heterocycles. The average molecular weight is 262 g/mol. The van der Waals surface area contributed by atoms with Crippen molar-refractivity contribution in [2.24, 2.45) is 0 Å². The number of aromatic hydroxyl groups is 1. The summed E-state index contributed by atoms with van der Waals surface area (Å²) in [5.74, 6) is 0.720. The quantitative estimate of drug-likeness (QED) is 0.622. The normalized spacial score (nSPS) is 11.1. The van der Waals surface area contributed by atoms with Crippen molar-refractivity contribution in [2.45, 2.75) is 51.9 Å². The van der Waals surface area contributed by atoms with E-state index in [2.05, 4.69) is 19.1 Å². The highest BCUT2D eigenvalue weighted by atomic mass is 16.5. The lowest BCUT2D eigenvalue weighted by Gasteiger charge is -2.03. The van der Waals surface area contributed by atoms with Crippen LogP contribution in [0.2, 0.25) is 0 Å². The van der Waals surface area contributed by atoms with Crippen molar-refractivity contribution in [2.75, 3.05) is 7.11 Å². The Morgan fingerprint density at radius 3 is 2.58 bits per heavy atom. The number of methoxy groups -OCH3 is 1. The Balaban J connectivity index is 2.25. The average Bonchev–Trinajstić information content (AvgIpc) is 2.43. The van der Waals surface area contributed by atoms with E-state index in [1.165, 1.54) is 38.5 Å². The molecule has 2 nitrogen and oxygen atoms in total. The third kappa shape index (κ3) is 6.32. The van der Waals surface area contributed by atoms with E-state index >= 15 is 0 Å². The van der Waals surface area contributed by atoms with Crippen LogP contribution in [0.5, 0.6) is 11.5 Å². The number of allylic oxidation sites excluding steroid dienone is 1. The maximum Gasteiger partial charge on any atom is 0.161 e. The summed E-state index contributed by atoms with van der Waals surface area (Å²) in [6, 6.07) is 5.42. The molecule has 1 rings (SSSR count). The highest BCUT2D eigenvalue weighted by molar-refractivity contribution is 5.55. The lowest BCUT2D eigenvalue weighted by molar-refractivity contribution is 0.373. The second-order valence-electron chi connectivity index (χ2n) is 4.89. The summed E-state index contributed by atoms with van der Waals surface area (Å²) in [7, 11) is 1.57. The maximum atomic E-state index is 9.50. The van der Waals surface area contributed by atoms with E-state index in [0.29, 0.717) is 5.75 Å². The topological polar surface area (TPSA) is 29.5 Å². The molecule has 0 fully saturated rings. The van der Waals surface area contributed by atoms with Gasteiger partial charge in [0.15, 0.2) is 11.5 Å². The number of phenolic OH excluding ortho intramolecular Hbond substituents is 1. The molecule has 0 unspecified atom stereocenters. The predicted octanol–water partition coefficient (Wildman–Crippen LogP) is 5.16. The van der Waals surface area contributed by atoms with Crippen molar-refractivity contribution in [3.63, 3.8) is 0 Å². The molecular formula is C17H26O2. The zero-order valence-corrected chi connectivity index (χ0v) is 12.2. The summed E-state index contributed by atoms with van der Waals surface area (Å²) in [6.07, 6.45) is 13.4. The molecule has 0 aliphatic rings. The number of benzene rings is 1. The van der Waals surface area contributed by atoms with E-state index < -0.39 is 0 Å². The van der Waals surface area contributed by atoms with Crippen LogP contribution in [0.15, 0.2) is 24.3 Å². The van der Waals surface area contributed by atoms with Crippen molar-refractivity contribution in [1.82, 2.24) is 0 Å². The van der Waals surface area contributed by atoms with Crippen LogP contribution in [-0.2, 0) is 0 Å². The first-order valence-corrected chi connectivity index (χ1v) is 7.31. The monoisotopic (exact) mass is 262 g/mol. The van der Waals surface area contributed by atoms with E-state index in [4.69, 9.17) is 4.74 Å². The largest absolute Gasteiger partial charge is 0.504 e. The lowest BCUT2D eigenvalue weighted by atomic mass is 10.1. The Hall–Kier alpha value is -1.44. The summed E-state index contributed by atoms with van der Waals surface area (Å²) >= 11 is 0. The summed E-state index contributed by atoms with van der Waals surface area (Å²) in [6.45, 7) is 2.24. The zero-order chi connectivity index (χ0) is 13.9. The fraction of sp³-hybridized carbons (Fsp3) is 0.529. The molecule has 0 amide bonds. The second-order valence-corrected chi connectivity index (χ2v) is 4.89. The molecule has 106 valence electrons. The van der Waals surface area contributed by atoms with Crippen molar-refractivity contribution < 1.29 is 9.84 Å². The molecule has 0 aromatic heterocycles. The molecule has 19 heavy (non-hydrogen) atoms. The number of phenols is 1. The van der Waals surface area contributed by atoms with Gasteiger partial charge in [-0.3, -0.25) is 0 Å². The molecule has 2 heteroatoms. The van der Waals surface area contributed by atoms with E-state index in [1.54, 1.807) is 13.2 Å². The van der Waals surface area contributed by atoms with Gasteiger partial charge in [0.25, 0.3) is 0 Å². The number of unbranched alkanes of at least 4 members (excludes halogenated alkanes) is 6. The van der Waals surface area contributed by atoms with Gasteiger partial charge in [-0.25, -0.2) is 0 Å². The van der Waals surface area contributed by atoms with Crippen LogP contribution in [0, 0.1) is 0 Å². The maximum absolute atomic E-state index is 9.50. The van der Waals surface area contributed by atoms with Gasteiger partial charge in [0.2, 0.25) is 0 Å². The number of hydrogen-bond acceptors (Lipinski definition) is 2. The molecule has 0 saturated heterocycles. The molecule has 1 aromatic carbocycles. The van der Waals surface area contributed by atoms with Crippen LogP contribution in [0.4, 0.5) is 0 Å². The molecular weight excluding hydrogens is 236 g/mol. The Labute approximate surface area is 117 Å². The minimum atomic E-state index is 0.190. The van der Waals surface area contributed by atoms with Gasteiger partial charge >= 0.3 is 0 Å². The van der Waals surface area contributed by atoms with E-state index in [9.17, 15) is 5.11 Å². The minimum Gasteiger partial charge on any atom is -0.504 e. The fourth-order valence-electron chi connectivity index (χ4n) is 2.06. The van der Waals surface area contributed by atoms with Crippen LogP contribution in [0.1, 0.15) is 57.4 Å². The van der Waals surface area contributed by atoms with Gasteiger partial charge in [-0.05, 0) is 30.5 Å². The molecule has 0 heterocycles. The lowest BCUT2D eigenvalue weighted by Crippen LogP contribution is -1.84. The first-order valence-electron chi connectivity index (χ1n) is 7.31. The molecule has 0 spiro atoms. The molecule has 1 aromatic rings. The van der Waals surface area contributed by atoms with Crippen molar-refractivity contribution in [3.8, 4) is 11.5 Å². The third-order valence-corrected chi connectivity index (χ3v) is 3.24. The van der Waals surface area contributed by atoms with Crippen LogP contribution in [0.3, 0.4) is 0 Å². The Morgan fingerprint density at radius 2 is 1.84 bits per heavy atom. The summed E-state index contributed by atoms with van der Waals surface area (Å²) in [4.78, 5) is 0.